The van der Waals surface area contributed by atoms with Gasteiger partial charge in [0, 0.05) is 12.3 Å². The van der Waals surface area contributed by atoms with Crippen molar-refractivity contribution in [3.63, 3.8) is 0 Å². The van der Waals surface area contributed by atoms with E-state index in [4.69, 9.17) is 0 Å². The minimum atomic E-state index is -3.87. The summed E-state index contributed by atoms with van der Waals surface area (Å²) >= 11 is 0. The summed E-state index contributed by atoms with van der Waals surface area (Å²) in [6.07, 6.45) is 1.05. The van der Waals surface area contributed by atoms with Crippen LogP contribution in [0.2, 0.25) is 0 Å². The largest absolute Gasteiger partial charge is 0.241 e. The summed E-state index contributed by atoms with van der Waals surface area (Å²) < 4.78 is 51.5. The van der Waals surface area contributed by atoms with E-state index in [9.17, 15) is 16.8 Å². The smallest absolute Gasteiger partial charge is 0.224 e. The minimum Gasteiger partial charge on any atom is -0.224 e. The molecular formula is C19H19NO4S2. The standard InChI is InChI=1S/C19H19NO4S2/c1-14(18-12-5-8-15-7-3-4-11-19(15)18)20-26(23,24)17-10-6-9-16(13-17)25(2,21)22/h3-14,20H,1-2H3. The van der Waals surface area contributed by atoms with Gasteiger partial charge in [0.25, 0.3) is 0 Å². The number of sulfonamides is 1. The molecule has 26 heavy (non-hydrogen) atoms. The fourth-order valence-electron chi connectivity index (χ4n) is 2.86. The Morgan fingerprint density at radius 2 is 1.42 bits per heavy atom. The van der Waals surface area contributed by atoms with Gasteiger partial charge in [0.15, 0.2) is 9.84 Å². The molecular weight excluding hydrogens is 370 g/mol. The third-order valence-electron chi connectivity index (χ3n) is 4.17. The zero-order valence-electron chi connectivity index (χ0n) is 14.4. The maximum absolute atomic E-state index is 12.7. The van der Waals surface area contributed by atoms with Gasteiger partial charge in [-0.15, -0.1) is 0 Å². The van der Waals surface area contributed by atoms with E-state index in [0.717, 1.165) is 22.6 Å². The quantitative estimate of drug-likeness (QED) is 0.726. The number of sulfone groups is 1. The van der Waals surface area contributed by atoms with E-state index in [1.54, 1.807) is 6.92 Å². The van der Waals surface area contributed by atoms with E-state index in [1.807, 2.05) is 42.5 Å². The van der Waals surface area contributed by atoms with Crippen molar-refractivity contribution in [2.75, 3.05) is 6.26 Å². The molecule has 1 unspecified atom stereocenters. The molecule has 0 amide bonds. The molecule has 1 N–H and O–H groups in total. The van der Waals surface area contributed by atoms with E-state index in [1.165, 1.54) is 24.3 Å². The van der Waals surface area contributed by atoms with Crippen LogP contribution in [0.25, 0.3) is 10.8 Å². The normalized spacial score (nSPS) is 13.6. The number of rotatable bonds is 5. The lowest BCUT2D eigenvalue weighted by atomic mass is 10.0. The maximum Gasteiger partial charge on any atom is 0.241 e. The highest BCUT2D eigenvalue weighted by molar-refractivity contribution is 7.91. The van der Waals surface area contributed by atoms with Gasteiger partial charge in [-0.1, -0.05) is 48.5 Å². The summed E-state index contributed by atoms with van der Waals surface area (Å²) in [5.74, 6) is 0. The minimum absolute atomic E-state index is 0.0295. The van der Waals surface area contributed by atoms with E-state index < -0.39 is 25.9 Å². The fourth-order valence-corrected chi connectivity index (χ4v) is 4.87. The second kappa shape index (κ2) is 6.83. The van der Waals surface area contributed by atoms with Crippen LogP contribution in [0.1, 0.15) is 18.5 Å². The lowest BCUT2D eigenvalue weighted by Crippen LogP contribution is -2.27. The molecule has 0 bridgehead atoms. The number of nitrogens with one attached hydrogen (secondary N) is 1. The molecule has 1 atom stereocenters. The predicted molar refractivity (Wildman–Crippen MR) is 102 cm³/mol. The first-order chi connectivity index (χ1) is 12.2. The van der Waals surface area contributed by atoms with Gasteiger partial charge >= 0.3 is 0 Å². The van der Waals surface area contributed by atoms with Gasteiger partial charge in [-0.3, -0.25) is 0 Å². The van der Waals surface area contributed by atoms with Gasteiger partial charge < -0.3 is 0 Å². The summed E-state index contributed by atoms with van der Waals surface area (Å²) in [7, 11) is -7.36. The van der Waals surface area contributed by atoms with Crippen LogP contribution >= 0.6 is 0 Å². The Kier molecular flexibility index (Phi) is 4.88. The first kappa shape index (κ1) is 18.6. The average Bonchev–Trinajstić information content (AvgIpc) is 2.60. The first-order valence-electron chi connectivity index (χ1n) is 7.98. The lowest BCUT2D eigenvalue weighted by molar-refractivity contribution is 0.567. The van der Waals surface area contributed by atoms with E-state index in [-0.39, 0.29) is 9.79 Å². The Morgan fingerprint density at radius 3 is 2.15 bits per heavy atom. The van der Waals surface area contributed by atoms with Crippen molar-refractivity contribution in [1.29, 1.82) is 0 Å². The molecule has 5 nitrogen and oxygen atoms in total. The van der Waals surface area contributed by atoms with Crippen molar-refractivity contribution in [3.05, 3.63) is 72.3 Å². The number of hydrogen-bond donors (Lipinski definition) is 1. The summed E-state index contributed by atoms with van der Waals surface area (Å²) in [4.78, 5) is -0.106. The molecule has 0 radical (unpaired) electrons. The van der Waals surface area contributed by atoms with Crippen molar-refractivity contribution in [2.24, 2.45) is 0 Å². The van der Waals surface area contributed by atoms with Crippen LogP contribution in [0.3, 0.4) is 0 Å². The zero-order chi connectivity index (χ0) is 18.9. The van der Waals surface area contributed by atoms with Gasteiger partial charge in [0.1, 0.15) is 0 Å². The highest BCUT2D eigenvalue weighted by atomic mass is 32.2. The van der Waals surface area contributed by atoms with Crippen molar-refractivity contribution in [3.8, 4) is 0 Å². The highest BCUT2D eigenvalue weighted by Gasteiger charge is 2.21. The van der Waals surface area contributed by atoms with Crippen molar-refractivity contribution in [1.82, 2.24) is 4.72 Å². The zero-order valence-corrected chi connectivity index (χ0v) is 16.0. The third-order valence-corrected chi connectivity index (χ3v) is 6.81. The lowest BCUT2D eigenvalue weighted by Gasteiger charge is -2.17. The Hall–Kier alpha value is -2.22. The van der Waals surface area contributed by atoms with Crippen LogP contribution in [0, 0.1) is 0 Å². The number of fused-ring (bicyclic) bond motifs is 1. The molecule has 0 fully saturated rings. The van der Waals surface area contributed by atoms with Gasteiger partial charge in [-0.25, -0.2) is 21.6 Å². The Labute approximate surface area is 153 Å². The first-order valence-corrected chi connectivity index (χ1v) is 11.4. The summed E-state index contributed by atoms with van der Waals surface area (Å²) in [6, 6.07) is 18.4. The van der Waals surface area contributed by atoms with E-state index in [2.05, 4.69) is 4.72 Å². The Bertz CT molecular complexity index is 1160. The van der Waals surface area contributed by atoms with Crippen molar-refractivity contribution in [2.45, 2.75) is 22.8 Å². The molecule has 0 spiro atoms. The monoisotopic (exact) mass is 389 g/mol. The van der Waals surface area contributed by atoms with E-state index >= 15 is 0 Å². The second-order valence-corrected chi connectivity index (χ2v) is 9.89. The Balaban J connectivity index is 1.97. The number of benzene rings is 3. The molecule has 136 valence electrons. The molecule has 3 rings (SSSR count). The van der Waals surface area contributed by atoms with Crippen LogP contribution in [0.5, 0.6) is 0 Å². The molecule has 0 aliphatic carbocycles. The summed E-state index contributed by atoms with van der Waals surface area (Å²) in [5, 5.41) is 1.99. The van der Waals surface area contributed by atoms with Gasteiger partial charge in [0.05, 0.1) is 9.79 Å². The topological polar surface area (TPSA) is 80.3 Å². The molecule has 7 heteroatoms. The molecule has 0 heterocycles. The van der Waals surface area contributed by atoms with Gasteiger partial charge in [0.2, 0.25) is 10.0 Å². The summed E-state index contributed by atoms with van der Waals surface area (Å²) in [6.45, 7) is 1.76. The van der Waals surface area contributed by atoms with Crippen molar-refractivity contribution >= 4 is 30.6 Å². The highest BCUT2D eigenvalue weighted by Crippen LogP contribution is 2.26. The molecule has 0 aliphatic heterocycles. The van der Waals surface area contributed by atoms with Gasteiger partial charge in [-0.05, 0) is 41.5 Å². The second-order valence-electron chi connectivity index (χ2n) is 6.16. The molecule has 3 aromatic rings. The SMILES string of the molecule is CC(NS(=O)(=O)c1cccc(S(C)(=O)=O)c1)c1cccc2ccccc12. The van der Waals surface area contributed by atoms with E-state index in [0.29, 0.717) is 0 Å². The Morgan fingerprint density at radius 1 is 0.808 bits per heavy atom. The van der Waals surface area contributed by atoms with Crippen LogP contribution in [-0.2, 0) is 19.9 Å². The molecule has 0 saturated heterocycles. The van der Waals surface area contributed by atoms with Crippen LogP contribution in [0.15, 0.2) is 76.5 Å². The molecule has 0 aliphatic rings. The third kappa shape index (κ3) is 3.80. The van der Waals surface area contributed by atoms with Crippen LogP contribution < -0.4 is 4.72 Å². The van der Waals surface area contributed by atoms with Crippen LogP contribution in [-0.4, -0.2) is 23.1 Å². The average molecular weight is 389 g/mol. The fraction of sp³-hybridized carbons (Fsp3) is 0.158. The molecule has 0 saturated carbocycles. The van der Waals surface area contributed by atoms with Crippen LogP contribution in [0.4, 0.5) is 0 Å². The van der Waals surface area contributed by atoms with Crippen molar-refractivity contribution < 1.29 is 16.8 Å². The maximum atomic E-state index is 12.7. The predicted octanol–water partition coefficient (Wildman–Crippen LogP) is 3.28. The number of hydrogen-bond acceptors (Lipinski definition) is 4. The molecule has 3 aromatic carbocycles. The molecule has 0 aromatic heterocycles. The summed E-state index contributed by atoms with van der Waals surface area (Å²) in [5.41, 5.74) is 0.853. The van der Waals surface area contributed by atoms with Gasteiger partial charge in [-0.2, -0.15) is 0 Å².